The fourth-order valence-corrected chi connectivity index (χ4v) is 6.66. The Hall–Kier alpha value is -2.38. The minimum absolute atomic E-state index is 0. The number of nitrogens with zero attached hydrogens (tertiary/aromatic N) is 2. The van der Waals surface area contributed by atoms with Crippen molar-refractivity contribution in [3.8, 4) is 11.1 Å². The number of nitrogens with one attached hydrogen (secondary N) is 1. The number of amides is 1. The van der Waals surface area contributed by atoms with Gasteiger partial charge in [-0.2, -0.15) is 17.5 Å². The van der Waals surface area contributed by atoms with Crippen molar-refractivity contribution in [3.63, 3.8) is 0 Å². The van der Waals surface area contributed by atoms with Gasteiger partial charge in [0.2, 0.25) is 10.0 Å². The molecule has 2 N–H and O–H groups in total. The van der Waals surface area contributed by atoms with E-state index in [1.807, 2.05) is 29.2 Å². The molecule has 8 nitrogen and oxygen atoms in total. The van der Waals surface area contributed by atoms with Crippen LogP contribution in [0.25, 0.3) is 11.1 Å². The molecule has 2 aliphatic rings. The molecule has 1 amide bonds. The van der Waals surface area contributed by atoms with Crippen LogP contribution >= 0.6 is 12.4 Å². The van der Waals surface area contributed by atoms with Crippen LogP contribution in [0.2, 0.25) is 0 Å². The van der Waals surface area contributed by atoms with Crippen molar-refractivity contribution in [2.24, 2.45) is 0 Å². The summed E-state index contributed by atoms with van der Waals surface area (Å²) in [5, 5.41) is 9.18. The van der Waals surface area contributed by atoms with Crippen molar-refractivity contribution < 1.29 is 36.3 Å². The van der Waals surface area contributed by atoms with Gasteiger partial charge in [0.25, 0.3) is 5.91 Å². The molecular formula is C23H27ClF3N3O5S. The normalized spacial score (nSPS) is 18.8. The average Bonchev–Trinajstić information content (AvgIpc) is 2.88. The lowest BCUT2D eigenvalue weighted by atomic mass is 9.98. The first-order valence-electron chi connectivity index (χ1n) is 11.1. The number of rotatable bonds is 5. The predicted molar refractivity (Wildman–Crippen MR) is 130 cm³/mol. The number of ether oxygens (including phenoxy) is 1. The summed E-state index contributed by atoms with van der Waals surface area (Å²) < 4.78 is 69.9. The molecule has 0 aromatic heterocycles. The summed E-state index contributed by atoms with van der Waals surface area (Å²) in [5.41, 5.74) is 3.09. The second kappa shape index (κ2) is 10.9. The summed E-state index contributed by atoms with van der Waals surface area (Å²) in [6.07, 6.45) is -4.45. The zero-order chi connectivity index (χ0) is 25.3. The molecule has 0 bridgehead atoms. The molecular weight excluding hydrogens is 523 g/mol. The monoisotopic (exact) mass is 549 g/mol. The molecule has 0 saturated carbocycles. The Balaban J connectivity index is 0.00000361. The molecule has 198 valence electrons. The van der Waals surface area contributed by atoms with Crippen molar-refractivity contribution in [1.82, 2.24) is 9.79 Å². The predicted octanol–water partition coefficient (Wildman–Crippen LogP) is 3.30. The molecule has 4 rings (SSSR count). The van der Waals surface area contributed by atoms with Gasteiger partial charge in [0, 0.05) is 57.9 Å². The summed E-state index contributed by atoms with van der Waals surface area (Å²) >= 11 is 0. The Kier molecular flexibility index (Phi) is 8.56. The molecule has 13 heteroatoms. The molecule has 2 saturated heterocycles. The van der Waals surface area contributed by atoms with Crippen LogP contribution in [0.1, 0.15) is 18.4 Å². The largest absolute Gasteiger partial charge is 0.416 e. The first-order chi connectivity index (χ1) is 16.6. The van der Waals surface area contributed by atoms with Gasteiger partial charge < -0.3 is 9.64 Å². The highest BCUT2D eigenvalue weighted by atomic mass is 35.5. The quantitative estimate of drug-likeness (QED) is 0.439. The molecule has 0 spiro atoms. The van der Waals surface area contributed by atoms with Gasteiger partial charge in [-0.3, -0.25) is 10.0 Å². The number of alkyl halides is 3. The van der Waals surface area contributed by atoms with E-state index >= 15 is 0 Å². The number of carbonyl (C=O) groups is 1. The number of hydrogen-bond donors (Lipinski definition) is 2. The minimum atomic E-state index is -4.38. The Bertz CT molecular complexity index is 1150. The molecule has 2 aromatic carbocycles. The third-order valence-electron chi connectivity index (χ3n) is 6.67. The number of benzene rings is 2. The average molecular weight is 550 g/mol. The first kappa shape index (κ1) is 28.2. The van der Waals surface area contributed by atoms with E-state index in [1.165, 1.54) is 21.9 Å². The van der Waals surface area contributed by atoms with Crippen molar-refractivity contribution in [1.29, 1.82) is 0 Å². The van der Waals surface area contributed by atoms with E-state index in [2.05, 4.69) is 0 Å². The van der Waals surface area contributed by atoms with E-state index in [4.69, 9.17) is 4.74 Å². The smallest absolute Gasteiger partial charge is 0.381 e. The van der Waals surface area contributed by atoms with Gasteiger partial charge in [0.05, 0.1) is 5.56 Å². The van der Waals surface area contributed by atoms with Crippen LogP contribution in [-0.2, 0) is 25.7 Å². The molecule has 2 fully saturated rings. The lowest BCUT2D eigenvalue weighted by Crippen LogP contribution is -2.62. The fourth-order valence-electron chi connectivity index (χ4n) is 4.56. The SMILES string of the molecule is Cl.O=C(NO)C1(S(=O)(=O)N2CCN(c3ccc(-c4ccc(C(F)(F)F)cc4)cc3)CC2)CCOCC1. The third kappa shape index (κ3) is 5.32. The topological polar surface area (TPSA) is 99.2 Å². The van der Waals surface area contributed by atoms with Crippen molar-refractivity contribution in [2.75, 3.05) is 44.3 Å². The maximum Gasteiger partial charge on any atom is 0.416 e. The van der Waals surface area contributed by atoms with Crippen LogP contribution in [0.15, 0.2) is 48.5 Å². The number of sulfonamides is 1. The summed E-state index contributed by atoms with van der Waals surface area (Å²) in [4.78, 5) is 14.4. The molecule has 2 heterocycles. The summed E-state index contributed by atoms with van der Waals surface area (Å²) in [7, 11) is -4.05. The molecule has 2 aromatic rings. The Morgan fingerprint density at radius 1 is 0.917 bits per heavy atom. The highest BCUT2D eigenvalue weighted by Crippen LogP contribution is 2.34. The number of piperazine rings is 1. The molecule has 0 aliphatic carbocycles. The van der Waals surface area contributed by atoms with Gasteiger partial charge in [-0.15, -0.1) is 12.4 Å². The summed E-state index contributed by atoms with van der Waals surface area (Å²) in [5.74, 6) is -0.943. The molecule has 36 heavy (non-hydrogen) atoms. The zero-order valence-corrected chi connectivity index (χ0v) is 20.8. The van der Waals surface area contributed by atoms with Crippen LogP contribution < -0.4 is 10.4 Å². The summed E-state index contributed by atoms with van der Waals surface area (Å²) in [6, 6.07) is 12.3. The second-order valence-corrected chi connectivity index (χ2v) is 10.8. The fraction of sp³-hybridized carbons (Fsp3) is 0.435. The Morgan fingerprint density at radius 3 is 1.89 bits per heavy atom. The number of halogens is 4. The van der Waals surface area contributed by atoms with Crippen molar-refractivity contribution in [3.05, 3.63) is 54.1 Å². The number of hydroxylamine groups is 1. The maximum absolute atomic E-state index is 13.4. The Labute approximate surface area is 213 Å². The van der Waals surface area contributed by atoms with Crippen LogP contribution in [0.3, 0.4) is 0 Å². The van der Waals surface area contributed by atoms with Crippen LogP contribution in [0.4, 0.5) is 18.9 Å². The summed E-state index contributed by atoms with van der Waals surface area (Å²) in [6.45, 7) is 1.35. The molecule has 0 unspecified atom stereocenters. The van der Waals surface area contributed by atoms with Crippen molar-refractivity contribution in [2.45, 2.75) is 23.8 Å². The number of carbonyl (C=O) groups excluding carboxylic acids is 1. The van der Waals surface area contributed by atoms with Crippen LogP contribution in [-0.4, -0.2) is 68.0 Å². The van der Waals surface area contributed by atoms with Crippen LogP contribution in [0.5, 0.6) is 0 Å². The standard InChI is InChI=1S/C23H26F3N3O5S.ClH/c24-23(25,26)19-5-1-17(2-6-19)18-3-7-20(8-4-18)28-11-13-29(14-12-28)35(32,33)22(21(30)27-31)9-15-34-16-10-22;/h1-8,31H,9-16H2,(H,27,30);1H. The van der Waals surface area contributed by atoms with E-state index in [-0.39, 0.29) is 51.6 Å². The second-order valence-electron chi connectivity index (χ2n) is 8.56. The van der Waals surface area contributed by atoms with E-state index in [9.17, 15) is 31.6 Å². The first-order valence-corrected chi connectivity index (χ1v) is 12.6. The maximum atomic E-state index is 13.4. The highest BCUT2D eigenvalue weighted by molar-refractivity contribution is 7.91. The molecule has 2 aliphatic heterocycles. The lowest BCUT2D eigenvalue weighted by Gasteiger charge is -2.42. The van der Waals surface area contributed by atoms with Gasteiger partial charge in [-0.05, 0) is 35.4 Å². The lowest BCUT2D eigenvalue weighted by molar-refractivity contribution is -0.137. The van der Waals surface area contributed by atoms with E-state index in [0.717, 1.165) is 23.4 Å². The number of hydrogen-bond acceptors (Lipinski definition) is 6. The zero-order valence-electron chi connectivity index (χ0n) is 19.2. The van der Waals surface area contributed by atoms with E-state index < -0.39 is 32.4 Å². The van der Waals surface area contributed by atoms with Gasteiger partial charge in [0.15, 0.2) is 4.75 Å². The van der Waals surface area contributed by atoms with Gasteiger partial charge >= 0.3 is 6.18 Å². The Morgan fingerprint density at radius 2 is 1.42 bits per heavy atom. The third-order valence-corrected chi connectivity index (χ3v) is 9.29. The minimum Gasteiger partial charge on any atom is -0.381 e. The van der Waals surface area contributed by atoms with Gasteiger partial charge in [-0.1, -0.05) is 24.3 Å². The highest BCUT2D eigenvalue weighted by Gasteiger charge is 2.54. The molecule has 0 radical (unpaired) electrons. The van der Waals surface area contributed by atoms with Gasteiger partial charge in [0.1, 0.15) is 0 Å². The number of anilines is 1. The van der Waals surface area contributed by atoms with Gasteiger partial charge in [-0.25, -0.2) is 13.9 Å². The molecule has 0 atom stereocenters. The van der Waals surface area contributed by atoms with Crippen LogP contribution in [0, 0.1) is 0 Å². The van der Waals surface area contributed by atoms with Crippen molar-refractivity contribution >= 4 is 34.0 Å². The van der Waals surface area contributed by atoms with E-state index in [0.29, 0.717) is 18.7 Å². The van der Waals surface area contributed by atoms with E-state index in [1.54, 1.807) is 0 Å².